The second-order valence-electron chi connectivity index (χ2n) is 12.4. The smallest absolute Gasteiger partial charge is 0.141 e. The third-order valence-electron chi connectivity index (χ3n) is 8.49. The molecule has 0 heterocycles. The van der Waals surface area contributed by atoms with Gasteiger partial charge in [-0.2, -0.15) is 0 Å². The van der Waals surface area contributed by atoms with Crippen molar-refractivity contribution in [3.8, 4) is 0 Å². The summed E-state index contributed by atoms with van der Waals surface area (Å²) in [5.74, 6) is 0.310. The Morgan fingerprint density at radius 1 is 0.375 bits per heavy atom. The molecule has 0 aliphatic heterocycles. The maximum atomic E-state index is 12.7. The molecule has 0 amide bonds. The highest BCUT2D eigenvalue weighted by molar-refractivity contribution is 5.83. The van der Waals surface area contributed by atoms with Crippen molar-refractivity contribution in [2.24, 2.45) is 0 Å². The first kappa shape index (κ1) is 34.3. The number of carbonyl (C=O) groups excluding carboxylic acids is 1. The highest BCUT2D eigenvalue weighted by Crippen LogP contribution is 2.16. The Labute approximate surface area is 249 Å². The molecule has 1 heteroatoms. The summed E-state index contributed by atoms with van der Waals surface area (Å²) in [7, 11) is 0. The van der Waals surface area contributed by atoms with E-state index in [1.807, 2.05) is 0 Å². The summed E-state index contributed by atoms with van der Waals surface area (Å²) in [5, 5.41) is 0. The first-order valence-electron chi connectivity index (χ1n) is 17.4. The van der Waals surface area contributed by atoms with Crippen LogP contribution in [0.1, 0.15) is 165 Å². The van der Waals surface area contributed by atoms with E-state index in [2.05, 4.69) is 62.4 Å². The van der Waals surface area contributed by atoms with E-state index in [1.54, 1.807) is 0 Å². The van der Waals surface area contributed by atoms with Gasteiger partial charge in [0.15, 0.2) is 0 Å². The summed E-state index contributed by atoms with van der Waals surface area (Å²) >= 11 is 0. The molecule has 40 heavy (non-hydrogen) atoms. The van der Waals surface area contributed by atoms with Crippen molar-refractivity contribution < 1.29 is 4.79 Å². The first-order valence-corrected chi connectivity index (χ1v) is 17.4. The molecule has 0 aromatic heterocycles. The van der Waals surface area contributed by atoms with Crippen LogP contribution in [0.2, 0.25) is 0 Å². The molecule has 0 atom stereocenters. The fourth-order valence-corrected chi connectivity index (χ4v) is 5.80. The van der Waals surface area contributed by atoms with Gasteiger partial charge in [0.2, 0.25) is 0 Å². The molecule has 0 aliphatic rings. The molecule has 2 aromatic rings. The highest BCUT2D eigenvalue weighted by atomic mass is 16.1. The second-order valence-corrected chi connectivity index (χ2v) is 12.4. The van der Waals surface area contributed by atoms with Crippen molar-refractivity contribution in [1.82, 2.24) is 0 Å². The van der Waals surface area contributed by atoms with Gasteiger partial charge in [0.25, 0.3) is 0 Å². The van der Waals surface area contributed by atoms with Gasteiger partial charge in [0, 0.05) is 12.8 Å². The minimum Gasteiger partial charge on any atom is -0.299 e. The molecule has 0 saturated carbocycles. The van der Waals surface area contributed by atoms with Crippen LogP contribution < -0.4 is 0 Å². The maximum Gasteiger partial charge on any atom is 0.141 e. The van der Waals surface area contributed by atoms with Crippen molar-refractivity contribution in [3.63, 3.8) is 0 Å². The van der Waals surface area contributed by atoms with Crippen molar-refractivity contribution in [3.05, 3.63) is 70.8 Å². The molecule has 1 nitrogen and oxygen atoms in total. The number of hydrogen-bond donors (Lipinski definition) is 0. The number of carbonyl (C=O) groups is 1. The minimum atomic E-state index is 0.310. The number of rotatable bonds is 26. The Bertz CT molecular complexity index is 776. The predicted octanol–water partition coefficient (Wildman–Crippen LogP) is 12.0. The van der Waals surface area contributed by atoms with E-state index in [1.165, 1.54) is 140 Å². The van der Waals surface area contributed by atoms with Gasteiger partial charge in [-0.25, -0.2) is 0 Å². The Hall–Kier alpha value is -1.89. The molecular formula is C39H62O. The first-order chi connectivity index (χ1) is 19.7. The number of hydrogen-bond acceptors (Lipinski definition) is 1. The van der Waals surface area contributed by atoms with E-state index in [0.29, 0.717) is 18.6 Å². The van der Waals surface area contributed by atoms with Gasteiger partial charge in [0.1, 0.15) is 5.78 Å². The topological polar surface area (TPSA) is 17.1 Å². The van der Waals surface area contributed by atoms with Crippen LogP contribution in [0.3, 0.4) is 0 Å². The zero-order valence-electron chi connectivity index (χ0n) is 26.5. The standard InChI is InChI=1S/C39H62O/c1-3-5-7-9-11-13-15-17-19-21-23-35-25-29-37(30-26-35)33-39(40)34-38-31-27-36(28-32-38)24-22-20-18-16-14-12-10-8-6-4-2/h25-32H,3-24,33-34H2,1-2H3. The van der Waals surface area contributed by atoms with Gasteiger partial charge in [-0.15, -0.1) is 0 Å². The van der Waals surface area contributed by atoms with Gasteiger partial charge in [-0.1, -0.05) is 178 Å². The van der Waals surface area contributed by atoms with E-state index in [0.717, 1.165) is 24.0 Å². The molecule has 0 spiro atoms. The van der Waals surface area contributed by atoms with Gasteiger partial charge in [-0.05, 0) is 47.9 Å². The van der Waals surface area contributed by atoms with E-state index in [-0.39, 0.29) is 0 Å². The molecule has 0 unspecified atom stereocenters. The number of benzene rings is 2. The molecule has 2 rings (SSSR count). The van der Waals surface area contributed by atoms with Gasteiger partial charge < -0.3 is 0 Å². The quantitative estimate of drug-likeness (QED) is 0.107. The molecule has 0 N–H and O–H groups in total. The lowest BCUT2D eigenvalue weighted by Crippen LogP contribution is -2.06. The maximum absolute atomic E-state index is 12.7. The summed E-state index contributed by atoms with van der Waals surface area (Å²) in [5.41, 5.74) is 5.12. The lowest BCUT2D eigenvalue weighted by Gasteiger charge is -2.07. The van der Waals surface area contributed by atoms with Crippen LogP contribution >= 0.6 is 0 Å². The van der Waals surface area contributed by atoms with E-state index in [4.69, 9.17) is 0 Å². The largest absolute Gasteiger partial charge is 0.299 e. The van der Waals surface area contributed by atoms with Gasteiger partial charge in [0.05, 0.1) is 0 Å². The summed E-state index contributed by atoms with van der Waals surface area (Å²) in [6.07, 6.45) is 31.0. The van der Waals surface area contributed by atoms with Crippen molar-refractivity contribution >= 4 is 5.78 Å². The van der Waals surface area contributed by atoms with Crippen molar-refractivity contribution in [1.29, 1.82) is 0 Å². The zero-order chi connectivity index (χ0) is 28.5. The Kier molecular flexibility index (Phi) is 20.4. The molecule has 0 aliphatic carbocycles. The van der Waals surface area contributed by atoms with Crippen molar-refractivity contribution in [2.45, 2.75) is 168 Å². The van der Waals surface area contributed by atoms with E-state index in [9.17, 15) is 4.79 Å². The number of Topliss-reactive ketones (excluding diaryl/α,β-unsaturated/α-hetero) is 1. The highest BCUT2D eigenvalue weighted by Gasteiger charge is 2.06. The molecule has 0 fully saturated rings. The third kappa shape index (κ3) is 17.7. The van der Waals surface area contributed by atoms with Crippen LogP contribution in [0.4, 0.5) is 0 Å². The van der Waals surface area contributed by atoms with Crippen molar-refractivity contribution in [2.75, 3.05) is 0 Å². The minimum absolute atomic E-state index is 0.310. The summed E-state index contributed by atoms with van der Waals surface area (Å²) < 4.78 is 0. The molecule has 2 aromatic carbocycles. The lowest BCUT2D eigenvalue weighted by molar-refractivity contribution is -0.117. The average Bonchev–Trinajstić information content (AvgIpc) is 2.96. The monoisotopic (exact) mass is 546 g/mol. The molecule has 0 radical (unpaired) electrons. The summed E-state index contributed by atoms with van der Waals surface area (Å²) in [4.78, 5) is 12.7. The summed E-state index contributed by atoms with van der Waals surface area (Å²) in [6.45, 7) is 4.57. The van der Waals surface area contributed by atoms with Crippen LogP contribution in [0, 0.1) is 0 Å². The molecule has 224 valence electrons. The summed E-state index contributed by atoms with van der Waals surface area (Å²) in [6, 6.07) is 17.6. The van der Waals surface area contributed by atoms with Crippen LogP contribution in [0.25, 0.3) is 0 Å². The third-order valence-corrected chi connectivity index (χ3v) is 8.49. The lowest BCUT2D eigenvalue weighted by atomic mass is 9.98. The number of unbranched alkanes of at least 4 members (excludes halogenated alkanes) is 18. The van der Waals surface area contributed by atoms with E-state index >= 15 is 0 Å². The fourth-order valence-electron chi connectivity index (χ4n) is 5.80. The Morgan fingerprint density at radius 2 is 0.625 bits per heavy atom. The van der Waals surface area contributed by atoms with Gasteiger partial charge >= 0.3 is 0 Å². The van der Waals surface area contributed by atoms with Crippen LogP contribution in [-0.2, 0) is 30.5 Å². The molecule has 0 saturated heterocycles. The molecular weight excluding hydrogens is 484 g/mol. The number of ketones is 1. The Balaban J connectivity index is 1.52. The number of aryl methyl sites for hydroxylation is 2. The predicted molar refractivity (Wildman–Crippen MR) is 176 cm³/mol. The SMILES string of the molecule is CCCCCCCCCCCCc1ccc(CC(=O)Cc2ccc(CCCCCCCCCCCC)cc2)cc1. The van der Waals surface area contributed by atoms with Crippen LogP contribution in [0.15, 0.2) is 48.5 Å². The van der Waals surface area contributed by atoms with Gasteiger partial charge in [-0.3, -0.25) is 4.79 Å². The normalized spacial score (nSPS) is 11.2. The second kappa shape index (κ2) is 23.8. The van der Waals surface area contributed by atoms with Crippen LogP contribution in [0.5, 0.6) is 0 Å². The fraction of sp³-hybridized carbons (Fsp3) is 0.667. The zero-order valence-corrected chi connectivity index (χ0v) is 26.5. The Morgan fingerprint density at radius 3 is 0.925 bits per heavy atom. The molecule has 0 bridgehead atoms. The van der Waals surface area contributed by atoms with E-state index < -0.39 is 0 Å². The average molecular weight is 547 g/mol. The van der Waals surface area contributed by atoms with Crippen LogP contribution in [-0.4, -0.2) is 5.78 Å².